The number of piperidine rings is 1. The van der Waals surface area contributed by atoms with Crippen LogP contribution in [0.1, 0.15) is 30.2 Å². The van der Waals surface area contributed by atoms with Gasteiger partial charge in [-0.1, -0.05) is 29.4 Å². The van der Waals surface area contributed by atoms with E-state index in [-0.39, 0.29) is 5.92 Å². The summed E-state index contributed by atoms with van der Waals surface area (Å²) in [7, 11) is -3.18. The van der Waals surface area contributed by atoms with Crippen LogP contribution in [0.4, 0.5) is 0 Å². The molecule has 0 aliphatic carbocycles. The zero-order valence-corrected chi connectivity index (χ0v) is 13.5. The van der Waals surface area contributed by atoms with Gasteiger partial charge in [0.25, 0.3) is 0 Å². The first-order chi connectivity index (χ1) is 10.4. The van der Waals surface area contributed by atoms with E-state index in [1.54, 1.807) is 0 Å². The smallest absolute Gasteiger partial charge is 0.231 e. The Morgan fingerprint density at radius 2 is 2.09 bits per heavy atom. The van der Waals surface area contributed by atoms with Gasteiger partial charge in [0, 0.05) is 18.7 Å². The topological polar surface area (TPSA) is 76.3 Å². The first kappa shape index (κ1) is 15.2. The van der Waals surface area contributed by atoms with Crippen molar-refractivity contribution in [3.05, 3.63) is 35.7 Å². The van der Waals surface area contributed by atoms with Crippen LogP contribution in [0.3, 0.4) is 0 Å². The molecule has 1 aliphatic rings. The molecule has 1 saturated heterocycles. The molecule has 1 atom stereocenters. The van der Waals surface area contributed by atoms with Crippen LogP contribution in [-0.4, -0.2) is 42.2 Å². The number of nitrogens with zero attached hydrogens (tertiary/aromatic N) is 3. The van der Waals surface area contributed by atoms with E-state index < -0.39 is 10.0 Å². The highest BCUT2D eigenvalue weighted by Gasteiger charge is 2.30. The maximum absolute atomic E-state index is 11.7. The summed E-state index contributed by atoms with van der Waals surface area (Å²) < 4.78 is 30.3. The van der Waals surface area contributed by atoms with Crippen molar-refractivity contribution in [2.24, 2.45) is 0 Å². The molecule has 0 bridgehead atoms. The lowest BCUT2D eigenvalue weighted by Crippen LogP contribution is -2.38. The van der Waals surface area contributed by atoms with E-state index in [0.717, 1.165) is 24.0 Å². The van der Waals surface area contributed by atoms with E-state index in [0.29, 0.717) is 24.8 Å². The van der Waals surface area contributed by atoms with E-state index in [4.69, 9.17) is 4.52 Å². The molecule has 0 radical (unpaired) electrons. The first-order valence-corrected chi connectivity index (χ1v) is 9.14. The molecule has 118 valence electrons. The Kier molecular flexibility index (Phi) is 4.01. The summed E-state index contributed by atoms with van der Waals surface area (Å²) in [5.41, 5.74) is 2.02. The van der Waals surface area contributed by atoms with Crippen molar-refractivity contribution in [1.82, 2.24) is 14.4 Å². The highest BCUT2D eigenvalue weighted by Crippen LogP contribution is 2.29. The number of aryl methyl sites for hydroxylation is 1. The van der Waals surface area contributed by atoms with Crippen LogP contribution in [0.15, 0.2) is 28.8 Å². The predicted molar refractivity (Wildman–Crippen MR) is 82.9 cm³/mol. The lowest BCUT2D eigenvalue weighted by atomic mass is 10.00. The third kappa shape index (κ3) is 3.05. The van der Waals surface area contributed by atoms with Gasteiger partial charge in [0.2, 0.25) is 21.7 Å². The Labute approximate surface area is 130 Å². The summed E-state index contributed by atoms with van der Waals surface area (Å²) in [6.07, 6.45) is 2.91. The third-order valence-electron chi connectivity index (χ3n) is 4.03. The molecule has 0 saturated carbocycles. The van der Waals surface area contributed by atoms with Gasteiger partial charge in [0.1, 0.15) is 0 Å². The lowest BCUT2D eigenvalue weighted by Gasteiger charge is -2.28. The van der Waals surface area contributed by atoms with E-state index in [2.05, 4.69) is 10.1 Å². The fourth-order valence-electron chi connectivity index (χ4n) is 2.78. The molecule has 1 aliphatic heterocycles. The van der Waals surface area contributed by atoms with Crippen LogP contribution in [0.5, 0.6) is 0 Å². The average Bonchev–Trinajstić information content (AvgIpc) is 2.97. The highest BCUT2D eigenvalue weighted by molar-refractivity contribution is 7.88. The zero-order valence-electron chi connectivity index (χ0n) is 12.7. The number of sulfonamides is 1. The van der Waals surface area contributed by atoms with Gasteiger partial charge >= 0.3 is 0 Å². The number of aromatic nitrogens is 2. The Bertz CT molecular complexity index is 770. The van der Waals surface area contributed by atoms with Crippen molar-refractivity contribution in [3.63, 3.8) is 0 Å². The molecule has 0 amide bonds. The quantitative estimate of drug-likeness (QED) is 0.866. The van der Waals surface area contributed by atoms with Crippen molar-refractivity contribution in [1.29, 1.82) is 0 Å². The Morgan fingerprint density at radius 1 is 1.32 bits per heavy atom. The second-order valence-electron chi connectivity index (χ2n) is 5.73. The van der Waals surface area contributed by atoms with E-state index >= 15 is 0 Å². The van der Waals surface area contributed by atoms with Gasteiger partial charge in [-0.2, -0.15) is 4.98 Å². The Hall–Kier alpha value is -1.73. The summed E-state index contributed by atoms with van der Waals surface area (Å²) in [5, 5.41) is 4.06. The van der Waals surface area contributed by atoms with Gasteiger partial charge in [-0.15, -0.1) is 0 Å². The Morgan fingerprint density at radius 3 is 2.82 bits per heavy atom. The number of benzene rings is 1. The molecule has 1 aromatic carbocycles. The summed E-state index contributed by atoms with van der Waals surface area (Å²) in [4.78, 5) is 4.48. The summed E-state index contributed by atoms with van der Waals surface area (Å²) in [6.45, 7) is 2.97. The second-order valence-corrected chi connectivity index (χ2v) is 7.71. The number of rotatable bonds is 3. The summed E-state index contributed by atoms with van der Waals surface area (Å²) in [5.74, 6) is 1.05. The average molecular weight is 321 g/mol. The summed E-state index contributed by atoms with van der Waals surface area (Å²) in [6, 6.07) is 7.85. The number of hydrogen-bond acceptors (Lipinski definition) is 5. The van der Waals surface area contributed by atoms with Gasteiger partial charge < -0.3 is 4.52 Å². The molecule has 0 unspecified atom stereocenters. The van der Waals surface area contributed by atoms with Gasteiger partial charge in [0.15, 0.2) is 0 Å². The minimum atomic E-state index is -3.18. The van der Waals surface area contributed by atoms with Crippen molar-refractivity contribution >= 4 is 10.0 Å². The minimum Gasteiger partial charge on any atom is -0.339 e. The maximum Gasteiger partial charge on any atom is 0.231 e. The fourth-order valence-corrected chi connectivity index (χ4v) is 3.69. The van der Waals surface area contributed by atoms with Crippen LogP contribution in [-0.2, 0) is 10.0 Å². The minimum absolute atomic E-state index is 0.0336. The van der Waals surface area contributed by atoms with Gasteiger partial charge in [-0.25, -0.2) is 12.7 Å². The number of hydrogen-bond donors (Lipinski definition) is 0. The molecule has 3 rings (SSSR count). The molecule has 6 nitrogen and oxygen atoms in total. The van der Waals surface area contributed by atoms with Crippen LogP contribution in [0.2, 0.25) is 0 Å². The monoisotopic (exact) mass is 321 g/mol. The van der Waals surface area contributed by atoms with Crippen molar-refractivity contribution in [2.45, 2.75) is 25.7 Å². The SMILES string of the molecule is Cc1ccccc1-c1noc([C@@H]2CCCN(S(C)(=O)=O)C2)n1. The molecular formula is C15H19N3O3S. The predicted octanol–water partition coefficient (Wildman–Crippen LogP) is 2.18. The van der Waals surface area contributed by atoms with Crippen LogP contribution >= 0.6 is 0 Å². The molecule has 7 heteroatoms. The standard InChI is InChI=1S/C15H19N3O3S/c1-11-6-3-4-8-13(11)14-16-15(21-17-14)12-7-5-9-18(10-12)22(2,19)20/h3-4,6,8,12H,5,7,9-10H2,1-2H3/t12-/m1/s1. The third-order valence-corrected chi connectivity index (χ3v) is 5.30. The molecule has 1 fully saturated rings. The van der Waals surface area contributed by atoms with E-state index in [1.807, 2.05) is 31.2 Å². The van der Waals surface area contributed by atoms with E-state index in [9.17, 15) is 8.42 Å². The van der Waals surface area contributed by atoms with Crippen LogP contribution in [0.25, 0.3) is 11.4 Å². The van der Waals surface area contributed by atoms with Gasteiger partial charge in [0.05, 0.1) is 12.2 Å². The molecular weight excluding hydrogens is 302 g/mol. The summed E-state index contributed by atoms with van der Waals surface area (Å²) >= 11 is 0. The molecule has 0 N–H and O–H groups in total. The Balaban J connectivity index is 1.84. The van der Waals surface area contributed by atoms with Crippen molar-refractivity contribution in [2.75, 3.05) is 19.3 Å². The van der Waals surface area contributed by atoms with Crippen molar-refractivity contribution < 1.29 is 12.9 Å². The molecule has 22 heavy (non-hydrogen) atoms. The van der Waals surface area contributed by atoms with Crippen molar-refractivity contribution in [3.8, 4) is 11.4 Å². The fraction of sp³-hybridized carbons (Fsp3) is 0.467. The molecule has 2 aromatic rings. The van der Waals surface area contributed by atoms with Crippen LogP contribution < -0.4 is 0 Å². The molecule has 1 aromatic heterocycles. The van der Waals surface area contributed by atoms with E-state index in [1.165, 1.54) is 10.6 Å². The van der Waals surface area contributed by atoms with Gasteiger partial charge in [-0.05, 0) is 25.3 Å². The highest BCUT2D eigenvalue weighted by atomic mass is 32.2. The molecule has 2 heterocycles. The molecule has 0 spiro atoms. The van der Waals surface area contributed by atoms with Gasteiger partial charge in [-0.3, -0.25) is 0 Å². The lowest BCUT2D eigenvalue weighted by molar-refractivity contribution is 0.266. The normalized spacial score (nSPS) is 20.2. The maximum atomic E-state index is 11.7. The largest absolute Gasteiger partial charge is 0.339 e. The van der Waals surface area contributed by atoms with Crippen LogP contribution in [0, 0.1) is 6.92 Å². The first-order valence-electron chi connectivity index (χ1n) is 7.30. The second kappa shape index (κ2) is 5.81. The zero-order chi connectivity index (χ0) is 15.7.